The van der Waals surface area contributed by atoms with Crippen molar-refractivity contribution in [2.24, 2.45) is 5.73 Å². The molecule has 1 aromatic rings. The lowest BCUT2D eigenvalue weighted by atomic mass is 9.82. The van der Waals surface area contributed by atoms with Gasteiger partial charge in [-0.05, 0) is 30.5 Å². The topological polar surface area (TPSA) is 78.6 Å². The summed E-state index contributed by atoms with van der Waals surface area (Å²) in [6.45, 7) is 4.68. The van der Waals surface area contributed by atoms with Crippen LogP contribution in [0.4, 0.5) is 0 Å². The maximum atomic E-state index is 11.3. The van der Waals surface area contributed by atoms with Gasteiger partial charge in [0.2, 0.25) is 0 Å². The van der Waals surface area contributed by atoms with Crippen LogP contribution in [-0.4, -0.2) is 29.1 Å². The Bertz CT molecular complexity index is 579. The van der Waals surface area contributed by atoms with E-state index in [1.54, 1.807) is 23.1 Å². The monoisotopic (exact) mass is 329 g/mol. The number of benzene rings is 1. The number of halogens is 2. The number of amides is 1. The Morgan fingerprint density at radius 2 is 2.19 bits per heavy atom. The number of nitrogens with one attached hydrogen (secondary N) is 1. The number of carbonyl (C=O) groups is 1. The summed E-state index contributed by atoms with van der Waals surface area (Å²) in [6, 6.07) is 5.10. The lowest BCUT2D eigenvalue weighted by Gasteiger charge is -2.43. The molecule has 1 aromatic carbocycles. The van der Waals surface area contributed by atoms with Crippen molar-refractivity contribution in [2.75, 3.05) is 13.1 Å². The van der Waals surface area contributed by atoms with Crippen LogP contribution in [0.5, 0.6) is 0 Å². The summed E-state index contributed by atoms with van der Waals surface area (Å²) in [4.78, 5) is 13.1. The van der Waals surface area contributed by atoms with Crippen LogP contribution in [0.15, 0.2) is 30.5 Å². The normalized spacial score (nSPS) is 22.1. The number of hydrogen-bond acceptors (Lipinski definition) is 4. The second kappa shape index (κ2) is 6.23. The van der Waals surface area contributed by atoms with E-state index in [4.69, 9.17) is 28.9 Å². The maximum absolute atomic E-state index is 11.3. The van der Waals surface area contributed by atoms with Crippen LogP contribution in [0.3, 0.4) is 0 Å². The van der Waals surface area contributed by atoms with Gasteiger partial charge in [-0.1, -0.05) is 35.8 Å². The molecular formula is C14H17Cl2N3O2. The maximum Gasteiger partial charge on any atom is 0.264 e. The van der Waals surface area contributed by atoms with Crippen molar-refractivity contribution in [1.82, 2.24) is 10.4 Å². The fraction of sp³-hybridized carbons (Fsp3) is 0.357. The number of nitrogens with zero attached hydrogens (tertiary/aromatic N) is 1. The molecule has 4 N–H and O–H groups in total. The lowest BCUT2D eigenvalue weighted by Crippen LogP contribution is -2.54. The van der Waals surface area contributed by atoms with E-state index in [1.165, 1.54) is 0 Å². The van der Waals surface area contributed by atoms with Gasteiger partial charge in [0.25, 0.3) is 5.91 Å². The third-order valence-electron chi connectivity index (χ3n) is 3.82. The van der Waals surface area contributed by atoms with Crippen LogP contribution < -0.4 is 11.2 Å². The first-order valence-electron chi connectivity index (χ1n) is 6.50. The zero-order valence-corrected chi connectivity index (χ0v) is 12.9. The molecule has 21 heavy (non-hydrogen) atoms. The van der Waals surface area contributed by atoms with Gasteiger partial charge >= 0.3 is 0 Å². The van der Waals surface area contributed by atoms with Crippen LogP contribution in [0.2, 0.25) is 10.0 Å². The minimum absolute atomic E-state index is 0.222. The summed E-state index contributed by atoms with van der Waals surface area (Å²) in [7, 11) is 0. The molecule has 1 amide bonds. The summed E-state index contributed by atoms with van der Waals surface area (Å²) in [5.74, 6) is -0.578. The highest BCUT2D eigenvalue weighted by molar-refractivity contribution is 6.35. The largest absolute Gasteiger partial charge is 0.365 e. The van der Waals surface area contributed by atoms with Gasteiger partial charge in [0, 0.05) is 23.1 Å². The second-order valence-electron chi connectivity index (χ2n) is 5.15. The Morgan fingerprint density at radius 3 is 2.76 bits per heavy atom. The number of primary amides is 1. The second-order valence-corrected chi connectivity index (χ2v) is 6.00. The van der Waals surface area contributed by atoms with Gasteiger partial charge in [0.1, 0.15) is 0 Å². The molecule has 1 aliphatic rings. The van der Waals surface area contributed by atoms with Gasteiger partial charge in [0.15, 0.2) is 0 Å². The van der Waals surface area contributed by atoms with Gasteiger partial charge < -0.3 is 15.8 Å². The van der Waals surface area contributed by atoms with E-state index in [0.29, 0.717) is 29.6 Å². The van der Waals surface area contributed by atoms with E-state index in [2.05, 4.69) is 12.1 Å². The van der Waals surface area contributed by atoms with E-state index < -0.39 is 11.4 Å². The van der Waals surface area contributed by atoms with Crippen molar-refractivity contribution in [3.05, 3.63) is 46.1 Å². The van der Waals surface area contributed by atoms with Crippen LogP contribution in [0, 0.1) is 0 Å². The zero-order valence-electron chi connectivity index (χ0n) is 11.4. The van der Waals surface area contributed by atoms with Crippen molar-refractivity contribution in [3.8, 4) is 0 Å². The number of piperidine rings is 1. The van der Waals surface area contributed by atoms with Crippen LogP contribution in [0.25, 0.3) is 0 Å². The van der Waals surface area contributed by atoms with Crippen LogP contribution >= 0.6 is 23.2 Å². The zero-order chi connectivity index (χ0) is 15.6. The van der Waals surface area contributed by atoms with E-state index in [9.17, 15) is 10.0 Å². The molecule has 5 nitrogen and oxygen atoms in total. The number of likely N-dealkylation sites (tertiary alicyclic amines) is 1. The van der Waals surface area contributed by atoms with Gasteiger partial charge in [-0.15, -0.1) is 0 Å². The molecule has 0 bridgehead atoms. The Labute approximate surface area is 133 Å². The summed E-state index contributed by atoms with van der Waals surface area (Å²) >= 11 is 12.2. The van der Waals surface area contributed by atoms with E-state index in [0.717, 1.165) is 12.0 Å². The number of hydrogen-bond donors (Lipinski definition) is 3. The highest BCUT2D eigenvalue weighted by atomic mass is 35.5. The summed E-state index contributed by atoms with van der Waals surface area (Å²) in [5.41, 5.74) is 7.78. The molecule has 1 atom stereocenters. The fourth-order valence-corrected chi connectivity index (χ4v) is 3.28. The fourth-order valence-electron chi connectivity index (χ4n) is 2.69. The molecular weight excluding hydrogens is 313 g/mol. The molecule has 0 aliphatic carbocycles. The first kappa shape index (κ1) is 16.1. The molecule has 2 rings (SSSR count). The molecule has 0 spiro atoms. The van der Waals surface area contributed by atoms with Crippen molar-refractivity contribution < 1.29 is 10.0 Å². The summed E-state index contributed by atoms with van der Waals surface area (Å²) < 4.78 is 0. The smallest absolute Gasteiger partial charge is 0.264 e. The highest BCUT2D eigenvalue weighted by Gasteiger charge is 2.39. The van der Waals surface area contributed by atoms with Crippen LogP contribution in [0.1, 0.15) is 18.4 Å². The molecule has 1 saturated heterocycles. The molecule has 0 saturated carbocycles. The molecule has 1 aliphatic heterocycles. The van der Waals surface area contributed by atoms with Gasteiger partial charge in [-0.25, -0.2) is 0 Å². The predicted molar refractivity (Wildman–Crippen MR) is 82.2 cm³/mol. The molecule has 0 radical (unpaired) electrons. The Kier molecular flexibility index (Phi) is 4.78. The third-order valence-corrected chi connectivity index (χ3v) is 4.37. The molecule has 7 heteroatoms. The van der Waals surface area contributed by atoms with Crippen molar-refractivity contribution >= 4 is 29.1 Å². The predicted octanol–water partition coefficient (Wildman–Crippen LogP) is 2.26. The Morgan fingerprint density at radius 1 is 1.48 bits per heavy atom. The third kappa shape index (κ3) is 3.16. The molecule has 1 fully saturated rings. The first-order valence-corrected chi connectivity index (χ1v) is 7.26. The highest BCUT2D eigenvalue weighted by Crippen LogP contribution is 2.37. The average molecular weight is 330 g/mol. The summed E-state index contributed by atoms with van der Waals surface area (Å²) in [5, 5.41) is 10.7. The standard InChI is InChI=1S/C14H17Cl2N3O2/c1-9(13(17)20)19-6-2-5-14(8-19,18-21)11-4-3-10(15)7-12(11)16/h3-4,7,18,21H,1-2,5-6,8H2,(H2,17,20). The van der Waals surface area contributed by atoms with E-state index in [1.807, 2.05) is 0 Å². The lowest BCUT2D eigenvalue weighted by molar-refractivity contribution is -0.116. The van der Waals surface area contributed by atoms with Crippen LogP contribution in [-0.2, 0) is 10.3 Å². The molecule has 114 valence electrons. The minimum Gasteiger partial charge on any atom is -0.365 e. The van der Waals surface area contributed by atoms with E-state index >= 15 is 0 Å². The van der Waals surface area contributed by atoms with Gasteiger partial charge in [0.05, 0.1) is 11.2 Å². The van der Waals surface area contributed by atoms with Crippen molar-refractivity contribution in [2.45, 2.75) is 18.4 Å². The number of carbonyl (C=O) groups excluding carboxylic acids is 1. The number of hydroxylamine groups is 1. The van der Waals surface area contributed by atoms with Gasteiger partial charge in [-0.2, -0.15) is 5.48 Å². The molecule has 1 unspecified atom stereocenters. The minimum atomic E-state index is -0.793. The number of nitrogens with two attached hydrogens (primary N) is 1. The average Bonchev–Trinajstić information content (AvgIpc) is 2.46. The number of rotatable bonds is 4. The molecule has 0 aromatic heterocycles. The molecule has 1 heterocycles. The van der Waals surface area contributed by atoms with E-state index in [-0.39, 0.29) is 5.70 Å². The Hall–Kier alpha value is -1.27. The van der Waals surface area contributed by atoms with Crippen molar-refractivity contribution in [1.29, 1.82) is 0 Å². The van der Waals surface area contributed by atoms with Crippen molar-refractivity contribution in [3.63, 3.8) is 0 Å². The Balaban J connectivity index is 2.36. The first-order chi connectivity index (χ1) is 9.89. The SMILES string of the molecule is C=C(C(N)=O)N1CCCC(NO)(c2ccc(Cl)cc2Cl)C1. The van der Waals surface area contributed by atoms with Gasteiger partial charge in [-0.3, -0.25) is 4.79 Å². The summed E-state index contributed by atoms with van der Waals surface area (Å²) in [6.07, 6.45) is 1.41. The quantitative estimate of drug-likeness (QED) is 0.584.